The second-order valence-electron chi connectivity index (χ2n) is 8.02. The number of ether oxygens (including phenoxy) is 1. The van der Waals surface area contributed by atoms with Crippen molar-refractivity contribution in [3.8, 4) is 6.07 Å². The van der Waals surface area contributed by atoms with Crippen LogP contribution in [0.4, 0.5) is 4.39 Å². The molecule has 3 rings (SSSR count). The number of hydrogen-bond donors (Lipinski definition) is 0. The Balaban J connectivity index is 1.97. The Labute approximate surface area is 149 Å². The summed E-state index contributed by atoms with van der Waals surface area (Å²) in [6.07, 6.45) is 6.50. The van der Waals surface area contributed by atoms with Crippen molar-refractivity contribution in [2.24, 2.45) is 0 Å². The largest absolute Gasteiger partial charge is 0.361 e. The van der Waals surface area contributed by atoms with Crippen LogP contribution in [0.15, 0.2) is 41.8 Å². The Morgan fingerprint density at radius 3 is 2.68 bits per heavy atom. The van der Waals surface area contributed by atoms with Crippen LogP contribution >= 0.6 is 0 Å². The lowest BCUT2D eigenvalue weighted by molar-refractivity contribution is -0.870. The maximum atomic E-state index is 13.5. The highest BCUT2D eigenvalue weighted by molar-refractivity contribution is 5.48. The zero-order valence-electron chi connectivity index (χ0n) is 15.3. The quantitative estimate of drug-likeness (QED) is 0.746. The van der Waals surface area contributed by atoms with Crippen LogP contribution in [0.5, 0.6) is 0 Å². The van der Waals surface area contributed by atoms with Crippen LogP contribution in [0, 0.1) is 11.3 Å². The van der Waals surface area contributed by atoms with E-state index in [2.05, 4.69) is 27.2 Å². The van der Waals surface area contributed by atoms with Crippen LogP contribution in [0.1, 0.15) is 42.4 Å². The van der Waals surface area contributed by atoms with Gasteiger partial charge in [-0.15, -0.1) is 0 Å². The predicted molar refractivity (Wildman–Crippen MR) is 96.3 cm³/mol. The molecule has 0 aromatic heterocycles. The summed E-state index contributed by atoms with van der Waals surface area (Å²) in [5.74, 6) is -0.0664. The molecule has 1 aromatic carbocycles. The molecule has 3 nitrogen and oxygen atoms in total. The van der Waals surface area contributed by atoms with Gasteiger partial charge in [0.1, 0.15) is 11.4 Å². The molecule has 0 radical (unpaired) electrons. The molecule has 1 atom stereocenters. The molecule has 25 heavy (non-hydrogen) atoms. The summed E-state index contributed by atoms with van der Waals surface area (Å²) in [5, 5.41) is 9.15. The smallest absolute Gasteiger partial charge is 0.115 e. The summed E-state index contributed by atoms with van der Waals surface area (Å²) in [4.78, 5) is 0. The molecule has 0 bridgehead atoms. The molecule has 0 saturated carbocycles. The third-order valence-corrected chi connectivity index (χ3v) is 5.12. The maximum absolute atomic E-state index is 13.5. The Morgan fingerprint density at radius 1 is 1.24 bits per heavy atom. The third-order valence-electron chi connectivity index (χ3n) is 5.12. The van der Waals surface area contributed by atoms with Crippen LogP contribution in [-0.2, 0) is 16.9 Å². The van der Waals surface area contributed by atoms with E-state index in [1.54, 1.807) is 6.08 Å². The summed E-state index contributed by atoms with van der Waals surface area (Å²) < 4.78 is 20.8. The number of rotatable bonds is 5. The number of nitrogens with zero attached hydrogens (tertiary/aromatic N) is 2. The fourth-order valence-electron chi connectivity index (χ4n) is 3.84. The first kappa shape index (κ1) is 17.8. The maximum Gasteiger partial charge on any atom is 0.115 e. The van der Waals surface area contributed by atoms with Crippen molar-refractivity contribution in [3.63, 3.8) is 0 Å². The van der Waals surface area contributed by atoms with E-state index in [0.717, 1.165) is 40.6 Å². The highest BCUT2D eigenvalue weighted by atomic mass is 19.1. The molecule has 1 unspecified atom stereocenters. The van der Waals surface area contributed by atoms with E-state index in [1.165, 1.54) is 0 Å². The molecule has 0 saturated heterocycles. The van der Waals surface area contributed by atoms with Gasteiger partial charge < -0.3 is 9.22 Å². The summed E-state index contributed by atoms with van der Waals surface area (Å²) in [5.41, 5.74) is 3.57. The first-order chi connectivity index (χ1) is 11.8. The van der Waals surface area contributed by atoms with Gasteiger partial charge >= 0.3 is 0 Å². The van der Waals surface area contributed by atoms with Gasteiger partial charge in [-0.3, -0.25) is 0 Å². The molecule has 4 heteroatoms. The lowest BCUT2D eigenvalue weighted by Gasteiger charge is -2.35. The van der Waals surface area contributed by atoms with Crippen LogP contribution in [0.3, 0.4) is 0 Å². The van der Waals surface area contributed by atoms with Gasteiger partial charge in [-0.25, -0.2) is 4.39 Å². The van der Waals surface area contributed by atoms with Gasteiger partial charge in [0.2, 0.25) is 0 Å². The predicted octanol–water partition coefficient (Wildman–Crippen LogP) is 4.34. The topological polar surface area (TPSA) is 33.0 Å². The Hall–Kier alpha value is -1.96. The normalized spacial score (nSPS) is 22.8. The van der Waals surface area contributed by atoms with Crippen LogP contribution in [0.2, 0.25) is 0 Å². The van der Waals surface area contributed by atoms with Gasteiger partial charge in [0, 0.05) is 6.42 Å². The van der Waals surface area contributed by atoms with Crippen molar-refractivity contribution in [1.82, 2.24) is 0 Å². The second kappa shape index (κ2) is 6.74. The third kappa shape index (κ3) is 3.68. The van der Waals surface area contributed by atoms with Crippen LogP contribution in [-0.4, -0.2) is 32.2 Å². The summed E-state index contributed by atoms with van der Waals surface area (Å²) in [6.45, 7) is 1.56. The first-order valence-corrected chi connectivity index (χ1v) is 8.88. The highest BCUT2D eigenvalue weighted by Gasteiger charge is 2.43. The van der Waals surface area contributed by atoms with E-state index in [-0.39, 0.29) is 5.83 Å². The van der Waals surface area contributed by atoms with E-state index in [9.17, 15) is 4.39 Å². The number of hydrogen-bond acceptors (Lipinski definition) is 2. The van der Waals surface area contributed by atoms with Gasteiger partial charge in [0.25, 0.3) is 0 Å². The number of halogens is 1. The van der Waals surface area contributed by atoms with Gasteiger partial charge in [-0.2, -0.15) is 5.26 Å². The average molecular weight is 341 g/mol. The average Bonchev–Trinajstić information content (AvgIpc) is 2.93. The number of quaternary nitrogens is 1. The number of nitriles is 1. The minimum atomic E-state index is -0.476. The van der Waals surface area contributed by atoms with Gasteiger partial charge in [0.15, 0.2) is 0 Å². The molecule has 0 N–H and O–H groups in total. The fourth-order valence-corrected chi connectivity index (χ4v) is 3.84. The first-order valence-electron chi connectivity index (χ1n) is 8.88. The summed E-state index contributed by atoms with van der Waals surface area (Å²) >= 11 is 0. The van der Waals surface area contributed by atoms with Gasteiger partial charge in [0.05, 0.1) is 45.9 Å². The van der Waals surface area contributed by atoms with E-state index in [1.807, 2.05) is 24.3 Å². The van der Waals surface area contributed by atoms with Gasteiger partial charge in [-0.05, 0) is 54.2 Å². The zero-order chi connectivity index (χ0) is 18.1. The van der Waals surface area contributed by atoms with E-state index >= 15 is 0 Å². The molecule has 1 aromatic rings. The molecule has 0 fully saturated rings. The number of allylic oxidation sites excluding steroid dienone is 3. The molecular formula is C21H26FN2O+. The standard InChI is InChI=1S/C21H26FN2O/c1-24(2,3)12-4-11-21(18-6-8-19(22)9-7-18)20-10-5-16(14-23)13-17(20)15-25-21/h5-6,8,10,13H,4,7,9,11-12,15H2,1-3H3/q+1. The lowest BCUT2D eigenvalue weighted by Crippen LogP contribution is -2.37. The minimum Gasteiger partial charge on any atom is -0.361 e. The molecule has 2 aliphatic rings. The Bertz CT molecular complexity index is 767. The Morgan fingerprint density at radius 2 is 2.04 bits per heavy atom. The summed E-state index contributed by atoms with van der Waals surface area (Å²) in [7, 11) is 6.56. The second-order valence-corrected chi connectivity index (χ2v) is 8.02. The number of fused-ring (bicyclic) bond motifs is 1. The molecule has 0 amide bonds. The lowest BCUT2D eigenvalue weighted by atomic mass is 9.78. The zero-order valence-corrected chi connectivity index (χ0v) is 15.3. The van der Waals surface area contributed by atoms with Gasteiger partial charge in [-0.1, -0.05) is 12.1 Å². The van der Waals surface area contributed by atoms with E-state index in [4.69, 9.17) is 10.00 Å². The molecule has 132 valence electrons. The van der Waals surface area contributed by atoms with Crippen molar-refractivity contribution < 1.29 is 13.6 Å². The van der Waals surface area contributed by atoms with Crippen molar-refractivity contribution in [2.75, 3.05) is 27.7 Å². The fraction of sp³-hybridized carbons (Fsp3) is 0.476. The highest BCUT2D eigenvalue weighted by Crippen LogP contribution is 2.48. The van der Waals surface area contributed by atoms with Crippen molar-refractivity contribution >= 4 is 0 Å². The van der Waals surface area contributed by atoms with Crippen molar-refractivity contribution in [3.05, 3.63) is 58.4 Å². The molecular weight excluding hydrogens is 315 g/mol. The SMILES string of the molecule is C[N+](C)(C)CCCC1(C2=CC=C(F)CC2)OCc2cc(C#N)ccc21. The molecule has 0 spiro atoms. The molecule has 1 aliphatic heterocycles. The van der Waals surface area contributed by atoms with Crippen molar-refractivity contribution in [2.45, 2.75) is 37.9 Å². The van der Waals surface area contributed by atoms with E-state index < -0.39 is 5.60 Å². The van der Waals surface area contributed by atoms with Crippen molar-refractivity contribution in [1.29, 1.82) is 5.26 Å². The monoisotopic (exact) mass is 341 g/mol. The van der Waals surface area contributed by atoms with Crippen LogP contribution < -0.4 is 0 Å². The Kier molecular flexibility index (Phi) is 4.81. The summed E-state index contributed by atoms with van der Waals surface area (Å²) in [6, 6.07) is 8.02. The molecule has 1 heterocycles. The minimum absolute atomic E-state index is 0.0664. The molecule has 1 aliphatic carbocycles. The van der Waals surface area contributed by atoms with E-state index in [0.29, 0.717) is 25.0 Å². The number of benzene rings is 1. The van der Waals surface area contributed by atoms with Crippen LogP contribution in [0.25, 0.3) is 0 Å².